The van der Waals surface area contributed by atoms with Gasteiger partial charge in [-0.15, -0.1) is 0 Å². The standard InChI is InChI=1S/C12H19NO2S/c1-10(12(14)15-3)8-13(2)6-4-11-5-7-16-9-11/h5,7,9-10H,4,6,8H2,1-3H3. The van der Waals surface area contributed by atoms with Crippen molar-refractivity contribution >= 4 is 17.3 Å². The Morgan fingerprint density at radius 2 is 2.38 bits per heavy atom. The lowest BCUT2D eigenvalue weighted by Crippen LogP contribution is -2.30. The van der Waals surface area contributed by atoms with E-state index in [1.54, 1.807) is 11.3 Å². The largest absolute Gasteiger partial charge is 0.469 e. The second-order valence-electron chi connectivity index (χ2n) is 4.07. The molecule has 0 saturated heterocycles. The summed E-state index contributed by atoms with van der Waals surface area (Å²) in [4.78, 5) is 13.4. The van der Waals surface area contributed by atoms with E-state index in [0.29, 0.717) is 0 Å². The van der Waals surface area contributed by atoms with Crippen LogP contribution in [-0.4, -0.2) is 38.1 Å². The highest BCUT2D eigenvalue weighted by Crippen LogP contribution is 2.08. The van der Waals surface area contributed by atoms with Crippen molar-refractivity contribution < 1.29 is 9.53 Å². The number of rotatable bonds is 6. The van der Waals surface area contributed by atoms with Crippen molar-refractivity contribution in [2.24, 2.45) is 5.92 Å². The highest BCUT2D eigenvalue weighted by atomic mass is 32.1. The van der Waals surface area contributed by atoms with Crippen LogP contribution in [0.2, 0.25) is 0 Å². The van der Waals surface area contributed by atoms with Crippen LogP contribution in [-0.2, 0) is 16.0 Å². The minimum absolute atomic E-state index is 0.0579. The maximum Gasteiger partial charge on any atom is 0.309 e. The second kappa shape index (κ2) is 6.66. The van der Waals surface area contributed by atoms with Crippen molar-refractivity contribution in [3.8, 4) is 0 Å². The van der Waals surface area contributed by atoms with E-state index < -0.39 is 0 Å². The van der Waals surface area contributed by atoms with Gasteiger partial charge in [0.25, 0.3) is 0 Å². The third kappa shape index (κ3) is 4.33. The van der Waals surface area contributed by atoms with Crippen molar-refractivity contribution in [3.05, 3.63) is 22.4 Å². The molecule has 90 valence electrons. The number of thiophene rings is 1. The average Bonchev–Trinajstić information content (AvgIpc) is 2.78. The molecule has 0 fully saturated rings. The average molecular weight is 241 g/mol. The van der Waals surface area contributed by atoms with Crippen molar-refractivity contribution in [1.29, 1.82) is 0 Å². The first-order valence-electron chi connectivity index (χ1n) is 5.41. The fourth-order valence-corrected chi connectivity index (χ4v) is 2.29. The maximum absolute atomic E-state index is 11.2. The van der Waals surface area contributed by atoms with Gasteiger partial charge in [0, 0.05) is 13.1 Å². The molecule has 3 nitrogen and oxygen atoms in total. The lowest BCUT2D eigenvalue weighted by atomic mass is 10.1. The summed E-state index contributed by atoms with van der Waals surface area (Å²) in [6.45, 7) is 3.61. The molecule has 1 aromatic heterocycles. The minimum atomic E-state index is -0.137. The first-order valence-corrected chi connectivity index (χ1v) is 6.35. The van der Waals surface area contributed by atoms with Gasteiger partial charge in [0.2, 0.25) is 0 Å². The Labute approximate surface area is 101 Å². The van der Waals surface area contributed by atoms with Crippen LogP contribution < -0.4 is 0 Å². The van der Waals surface area contributed by atoms with Gasteiger partial charge < -0.3 is 9.64 Å². The Morgan fingerprint density at radius 3 is 2.94 bits per heavy atom. The smallest absolute Gasteiger partial charge is 0.309 e. The molecule has 0 aliphatic heterocycles. The highest BCUT2D eigenvalue weighted by Gasteiger charge is 2.14. The quantitative estimate of drug-likeness (QED) is 0.714. The van der Waals surface area contributed by atoms with Gasteiger partial charge in [-0.25, -0.2) is 0 Å². The van der Waals surface area contributed by atoms with E-state index >= 15 is 0 Å². The summed E-state index contributed by atoms with van der Waals surface area (Å²) in [5.41, 5.74) is 1.36. The molecule has 1 heterocycles. The molecule has 0 aromatic carbocycles. The van der Waals surface area contributed by atoms with Crippen LogP contribution in [0.15, 0.2) is 16.8 Å². The summed E-state index contributed by atoms with van der Waals surface area (Å²) < 4.78 is 4.70. The summed E-state index contributed by atoms with van der Waals surface area (Å²) >= 11 is 1.72. The number of hydrogen-bond donors (Lipinski definition) is 0. The van der Waals surface area contributed by atoms with Crippen LogP contribution in [0.5, 0.6) is 0 Å². The topological polar surface area (TPSA) is 29.5 Å². The maximum atomic E-state index is 11.2. The van der Waals surface area contributed by atoms with Gasteiger partial charge in [-0.2, -0.15) is 11.3 Å². The summed E-state index contributed by atoms with van der Waals surface area (Å²) in [5.74, 6) is -0.195. The van der Waals surface area contributed by atoms with Gasteiger partial charge in [0.1, 0.15) is 0 Å². The zero-order valence-corrected chi connectivity index (χ0v) is 10.9. The van der Waals surface area contributed by atoms with Gasteiger partial charge >= 0.3 is 5.97 Å². The molecule has 1 atom stereocenters. The lowest BCUT2D eigenvalue weighted by Gasteiger charge is -2.19. The number of hydrogen-bond acceptors (Lipinski definition) is 4. The number of ether oxygens (including phenoxy) is 1. The van der Waals surface area contributed by atoms with Crippen molar-refractivity contribution in [2.75, 3.05) is 27.2 Å². The predicted molar refractivity (Wildman–Crippen MR) is 66.7 cm³/mol. The molecule has 1 aromatic rings. The lowest BCUT2D eigenvalue weighted by molar-refractivity contribution is -0.145. The SMILES string of the molecule is COC(=O)C(C)CN(C)CCc1ccsc1. The van der Waals surface area contributed by atoms with E-state index in [1.165, 1.54) is 12.7 Å². The Balaban J connectivity index is 2.25. The Hall–Kier alpha value is -0.870. The summed E-state index contributed by atoms with van der Waals surface area (Å²) in [5, 5.41) is 4.25. The van der Waals surface area contributed by atoms with Gasteiger partial charge in [-0.3, -0.25) is 4.79 Å². The summed E-state index contributed by atoms with van der Waals surface area (Å²) in [7, 11) is 3.47. The molecule has 4 heteroatoms. The van der Waals surface area contributed by atoms with Crippen LogP contribution in [0.1, 0.15) is 12.5 Å². The molecular formula is C12H19NO2S. The first kappa shape index (κ1) is 13.2. The number of nitrogens with zero attached hydrogens (tertiary/aromatic N) is 1. The van der Waals surface area contributed by atoms with Crippen LogP contribution in [0, 0.1) is 5.92 Å². The van der Waals surface area contributed by atoms with Crippen LogP contribution in [0.3, 0.4) is 0 Å². The van der Waals surface area contributed by atoms with Crippen molar-refractivity contribution in [3.63, 3.8) is 0 Å². The molecule has 1 unspecified atom stereocenters. The zero-order valence-electron chi connectivity index (χ0n) is 10.1. The zero-order chi connectivity index (χ0) is 12.0. The van der Waals surface area contributed by atoms with Crippen LogP contribution in [0.4, 0.5) is 0 Å². The van der Waals surface area contributed by atoms with Gasteiger partial charge in [-0.1, -0.05) is 6.92 Å². The summed E-state index contributed by atoms with van der Waals surface area (Å²) in [6, 6.07) is 2.14. The van der Waals surface area contributed by atoms with E-state index in [-0.39, 0.29) is 11.9 Å². The number of methoxy groups -OCH3 is 1. The van der Waals surface area contributed by atoms with E-state index in [9.17, 15) is 4.79 Å². The van der Waals surface area contributed by atoms with Crippen LogP contribution >= 0.6 is 11.3 Å². The molecule has 0 N–H and O–H groups in total. The van der Waals surface area contributed by atoms with Crippen LogP contribution in [0.25, 0.3) is 0 Å². The van der Waals surface area contributed by atoms with E-state index in [1.807, 2.05) is 14.0 Å². The molecule has 1 rings (SSSR count). The molecule has 0 bridgehead atoms. The predicted octanol–water partition coefficient (Wildman–Crippen LogP) is 2.03. The number of carbonyl (C=O) groups is 1. The van der Waals surface area contributed by atoms with E-state index in [2.05, 4.69) is 21.7 Å². The molecule has 0 amide bonds. The highest BCUT2D eigenvalue weighted by molar-refractivity contribution is 7.07. The number of likely N-dealkylation sites (N-methyl/N-ethyl adjacent to an activating group) is 1. The Kier molecular flexibility index (Phi) is 5.49. The fourth-order valence-electron chi connectivity index (χ4n) is 1.59. The molecular weight excluding hydrogens is 222 g/mol. The Morgan fingerprint density at radius 1 is 1.62 bits per heavy atom. The fraction of sp³-hybridized carbons (Fsp3) is 0.583. The number of carbonyl (C=O) groups excluding carboxylic acids is 1. The van der Waals surface area contributed by atoms with Gasteiger partial charge in [0.15, 0.2) is 0 Å². The molecule has 0 radical (unpaired) electrons. The van der Waals surface area contributed by atoms with Crippen molar-refractivity contribution in [1.82, 2.24) is 4.90 Å². The summed E-state index contributed by atoms with van der Waals surface area (Å²) in [6.07, 6.45) is 1.04. The molecule has 0 aliphatic rings. The second-order valence-corrected chi connectivity index (χ2v) is 4.85. The van der Waals surface area contributed by atoms with E-state index in [4.69, 9.17) is 4.74 Å². The minimum Gasteiger partial charge on any atom is -0.469 e. The van der Waals surface area contributed by atoms with E-state index in [0.717, 1.165) is 19.5 Å². The third-order valence-electron chi connectivity index (χ3n) is 2.55. The third-order valence-corrected chi connectivity index (χ3v) is 3.28. The van der Waals surface area contributed by atoms with Crippen molar-refractivity contribution in [2.45, 2.75) is 13.3 Å². The van der Waals surface area contributed by atoms with Gasteiger partial charge in [0.05, 0.1) is 13.0 Å². The first-order chi connectivity index (χ1) is 7.63. The molecule has 0 spiro atoms. The normalized spacial score (nSPS) is 12.8. The Bertz CT molecular complexity index is 311. The molecule has 16 heavy (non-hydrogen) atoms. The monoisotopic (exact) mass is 241 g/mol. The van der Waals surface area contributed by atoms with Gasteiger partial charge in [-0.05, 0) is 35.9 Å². The molecule has 0 aliphatic carbocycles. The number of esters is 1. The molecule has 0 saturated carbocycles.